The zero-order valence-corrected chi connectivity index (χ0v) is 24.0. The highest BCUT2D eigenvalue weighted by atomic mass is 16.5. The number of piperidine rings is 1. The molecule has 6 rings (SSSR count). The summed E-state index contributed by atoms with van der Waals surface area (Å²) in [5.41, 5.74) is 3.76. The maximum atomic E-state index is 13.9. The topological polar surface area (TPSA) is 95.4 Å². The van der Waals surface area contributed by atoms with Crippen molar-refractivity contribution in [3.8, 4) is 11.6 Å². The van der Waals surface area contributed by atoms with E-state index in [-0.39, 0.29) is 29.7 Å². The summed E-state index contributed by atoms with van der Waals surface area (Å²) in [7, 11) is 0. The molecule has 0 radical (unpaired) electrons. The van der Waals surface area contributed by atoms with Gasteiger partial charge in [-0.1, -0.05) is 35.9 Å². The molecule has 1 unspecified atom stereocenters. The smallest absolute Gasteiger partial charge is 0.335 e. The molecular weight excluding hydrogens is 532 g/mol. The normalized spacial score (nSPS) is 20.7. The van der Waals surface area contributed by atoms with Gasteiger partial charge in [-0.3, -0.25) is 4.90 Å². The predicted molar refractivity (Wildman–Crippen MR) is 158 cm³/mol. The second kappa shape index (κ2) is 12.5. The minimum absolute atomic E-state index is 0.0777. The summed E-state index contributed by atoms with van der Waals surface area (Å²) in [5, 5.41) is 9.06. The van der Waals surface area contributed by atoms with Crippen LogP contribution in [0.5, 0.6) is 11.6 Å². The number of carboxylic acid groups (broad SMARTS) is 1. The quantitative estimate of drug-likeness (QED) is 0.382. The highest BCUT2D eigenvalue weighted by Gasteiger charge is 2.45. The van der Waals surface area contributed by atoms with Crippen molar-refractivity contribution in [1.82, 2.24) is 19.7 Å². The number of hydrogen-bond acceptors (Lipinski definition) is 6. The number of amides is 2. The van der Waals surface area contributed by atoms with E-state index in [9.17, 15) is 9.59 Å². The first-order valence-electron chi connectivity index (χ1n) is 14.9. The standard InChI is InChI=1S/C33H38N4O5/c1-23-3-2-4-26(19-23)30-22-36(27-13-17-41-18-14-27)33(40)37(30)28-11-15-35(16-12-28)21-24-5-10-31(34-20-24)42-29-8-6-25(7-9-29)32(38)39/h2-10,19-20,27-28,30H,11-18,21-22H2,1H3,(H,38,39). The highest BCUT2D eigenvalue weighted by molar-refractivity contribution is 5.87. The predicted octanol–water partition coefficient (Wildman–Crippen LogP) is 5.50. The molecule has 3 aromatic rings. The summed E-state index contributed by atoms with van der Waals surface area (Å²) in [6.07, 6.45) is 5.53. The molecule has 220 valence electrons. The lowest BCUT2D eigenvalue weighted by molar-refractivity contribution is 0.0493. The lowest BCUT2D eigenvalue weighted by Crippen LogP contribution is -2.48. The van der Waals surface area contributed by atoms with E-state index in [1.54, 1.807) is 12.1 Å². The number of rotatable bonds is 8. The number of urea groups is 1. The molecule has 0 aliphatic carbocycles. The fourth-order valence-corrected chi connectivity index (χ4v) is 6.46. The number of hydrogen-bond donors (Lipinski definition) is 1. The van der Waals surface area contributed by atoms with Crippen molar-refractivity contribution in [1.29, 1.82) is 0 Å². The first-order chi connectivity index (χ1) is 20.4. The van der Waals surface area contributed by atoms with Gasteiger partial charge in [-0.2, -0.15) is 0 Å². The Labute approximate surface area is 246 Å². The summed E-state index contributed by atoms with van der Waals surface area (Å²) in [6.45, 7) is 6.94. The number of benzene rings is 2. The van der Waals surface area contributed by atoms with E-state index in [0.717, 1.165) is 70.6 Å². The molecule has 1 aromatic heterocycles. The van der Waals surface area contributed by atoms with Gasteiger partial charge in [-0.25, -0.2) is 14.6 Å². The molecule has 9 nitrogen and oxygen atoms in total. The van der Waals surface area contributed by atoms with Crippen molar-refractivity contribution >= 4 is 12.0 Å². The van der Waals surface area contributed by atoms with Crippen LogP contribution in [0.15, 0.2) is 66.9 Å². The molecule has 1 atom stereocenters. The lowest BCUT2D eigenvalue weighted by atomic mass is 9.98. The number of carboxylic acids is 1. The van der Waals surface area contributed by atoms with Crippen LogP contribution in [0.1, 0.15) is 58.8 Å². The van der Waals surface area contributed by atoms with Crippen LogP contribution >= 0.6 is 0 Å². The van der Waals surface area contributed by atoms with E-state index in [2.05, 4.69) is 50.9 Å². The Morgan fingerprint density at radius 2 is 1.76 bits per heavy atom. The Morgan fingerprint density at radius 3 is 2.43 bits per heavy atom. The van der Waals surface area contributed by atoms with Gasteiger partial charge in [0, 0.05) is 63.7 Å². The van der Waals surface area contributed by atoms with Crippen molar-refractivity contribution in [2.75, 3.05) is 32.8 Å². The SMILES string of the molecule is Cc1cccc(C2CN(C3CCOCC3)C(=O)N2C2CCN(Cc3ccc(Oc4ccc(C(=O)O)cc4)nc3)CC2)c1. The van der Waals surface area contributed by atoms with Gasteiger partial charge in [0.15, 0.2) is 0 Å². The van der Waals surface area contributed by atoms with E-state index in [1.807, 2.05) is 18.3 Å². The molecule has 4 heterocycles. The molecule has 2 aromatic carbocycles. The minimum Gasteiger partial charge on any atom is -0.478 e. The third-order valence-electron chi connectivity index (χ3n) is 8.71. The Morgan fingerprint density at radius 1 is 1.00 bits per heavy atom. The molecule has 9 heteroatoms. The van der Waals surface area contributed by atoms with E-state index in [0.29, 0.717) is 11.6 Å². The fraction of sp³-hybridized carbons (Fsp3) is 0.424. The summed E-state index contributed by atoms with van der Waals surface area (Å²) in [6, 6.07) is 19.5. The van der Waals surface area contributed by atoms with Crippen molar-refractivity contribution in [3.05, 3.63) is 89.1 Å². The Bertz CT molecular complexity index is 1380. The fourth-order valence-electron chi connectivity index (χ4n) is 6.46. The Hall–Kier alpha value is -3.95. The third-order valence-corrected chi connectivity index (χ3v) is 8.71. The number of aromatic nitrogens is 1. The van der Waals surface area contributed by atoms with Gasteiger partial charge in [0.05, 0.1) is 11.6 Å². The number of nitrogens with zero attached hydrogens (tertiary/aromatic N) is 4. The summed E-state index contributed by atoms with van der Waals surface area (Å²) in [5.74, 6) is 0.0330. The lowest BCUT2D eigenvalue weighted by Gasteiger charge is -2.39. The number of likely N-dealkylation sites (tertiary alicyclic amines) is 1. The van der Waals surface area contributed by atoms with Gasteiger partial charge in [0.1, 0.15) is 5.75 Å². The number of aromatic carboxylic acids is 1. The van der Waals surface area contributed by atoms with Crippen molar-refractivity contribution < 1.29 is 24.2 Å². The number of carbonyl (C=O) groups excluding carboxylic acids is 1. The second-order valence-corrected chi connectivity index (χ2v) is 11.6. The number of ether oxygens (including phenoxy) is 2. The molecule has 3 fully saturated rings. The van der Waals surface area contributed by atoms with Crippen molar-refractivity contribution in [3.63, 3.8) is 0 Å². The number of pyridine rings is 1. The van der Waals surface area contributed by atoms with E-state index >= 15 is 0 Å². The summed E-state index contributed by atoms with van der Waals surface area (Å²) in [4.78, 5) is 36.2. The summed E-state index contributed by atoms with van der Waals surface area (Å²) >= 11 is 0. The molecule has 2 amide bonds. The maximum Gasteiger partial charge on any atom is 0.335 e. The van der Waals surface area contributed by atoms with Crippen LogP contribution in [0.3, 0.4) is 0 Å². The average Bonchev–Trinajstić information content (AvgIpc) is 3.36. The monoisotopic (exact) mass is 570 g/mol. The molecule has 42 heavy (non-hydrogen) atoms. The van der Waals surface area contributed by atoms with Crippen LogP contribution in [-0.2, 0) is 11.3 Å². The first kappa shape index (κ1) is 28.2. The van der Waals surface area contributed by atoms with Gasteiger partial charge < -0.3 is 24.4 Å². The first-order valence-corrected chi connectivity index (χ1v) is 14.9. The summed E-state index contributed by atoms with van der Waals surface area (Å²) < 4.78 is 11.4. The van der Waals surface area contributed by atoms with Crippen LogP contribution in [0, 0.1) is 6.92 Å². The Balaban J connectivity index is 1.07. The minimum atomic E-state index is -0.969. The van der Waals surface area contributed by atoms with Crippen molar-refractivity contribution in [2.24, 2.45) is 0 Å². The molecule has 3 saturated heterocycles. The van der Waals surface area contributed by atoms with Crippen LogP contribution < -0.4 is 4.74 Å². The van der Waals surface area contributed by atoms with Crippen LogP contribution in [0.25, 0.3) is 0 Å². The zero-order valence-electron chi connectivity index (χ0n) is 24.0. The van der Waals surface area contributed by atoms with Gasteiger partial charge in [0.2, 0.25) is 5.88 Å². The van der Waals surface area contributed by atoms with Gasteiger partial charge in [-0.05, 0) is 68.0 Å². The third kappa shape index (κ3) is 6.27. The van der Waals surface area contributed by atoms with E-state index in [4.69, 9.17) is 14.6 Å². The van der Waals surface area contributed by atoms with Crippen molar-refractivity contribution in [2.45, 2.75) is 57.3 Å². The van der Waals surface area contributed by atoms with Gasteiger partial charge >= 0.3 is 12.0 Å². The highest BCUT2D eigenvalue weighted by Crippen LogP contribution is 2.37. The van der Waals surface area contributed by atoms with Crippen LogP contribution in [0.2, 0.25) is 0 Å². The molecule has 0 saturated carbocycles. The average molecular weight is 571 g/mol. The van der Waals surface area contributed by atoms with Crippen LogP contribution in [0.4, 0.5) is 4.79 Å². The number of carbonyl (C=O) groups is 2. The Kier molecular flexibility index (Phi) is 8.39. The van der Waals surface area contributed by atoms with Gasteiger partial charge in [0.25, 0.3) is 0 Å². The van der Waals surface area contributed by atoms with E-state index in [1.165, 1.54) is 23.3 Å². The maximum absolute atomic E-state index is 13.9. The largest absolute Gasteiger partial charge is 0.478 e. The molecule has 3 aliphatic heterocycles. The van der Waals surface area contributed by atoms with Gasteiger partial charge in [-0.15, -0.1) is 0 Å². The van der Waals surface area contributed by atoms with Crippen LogP contribution in [-0.4, -0.2) is 81.7 Å². The molecular formula is C33H38N4O5. The molecule has 0 spiro atoms. The molecule has 0 bridgehead atoms. The molecule has 3 aliphatic rings. The zero-order chi connectivity index (χ0) is 29.1. The number of aryl methyl sites for hydroxylation is 1. The molecule has 1 N–H and O–H groups in total. The second-order valence-electron chi connectivity index (χ2n) is 11.6. The van der Waals surface area contributed by atoms with E-state index < -0.39 is 5.97 Å².